The van der Waals surface area contributed by atoms with Crippen molar-refractivity contribution in [3.63, 3.8) is 0 Å². The van der Waals surface area contributed by atoms with E-state index in [1.54, 1.807) is 19.2 Å². The van der Waals surface area contributed by atoms with E-state index >= 15 is 0 Å². The van der Waals surface area contributed by atoms with Gasteiger partial charge in [0.1, 0.15) is 5.82 Å². The highest BCUT2D eigenvalue weighted by atomic mass is 32.2. The molecule has 0 radical (unpaired) electrons. The lowest BCUT2D eigenvalue weighted by Gasteiger charge is -2.30. The smallest absolute Gasteiger partial charge is 0.211 e. The topological polar surface area (TPSA) is 73.8 Å². The van der Waals surface area contributed by atoms with Crippen LogP contribution in [0, 0.1) is 11.7 Å². The van der Waals surface area contributed by atoms with Gasteiger partial charge in [-0.25, -0.2) is 17.1 Å². The Labute approximate surface area is 149 Å². The Balaban J connectivity index is 1.70. The summed E-state index contributed by atoms with van der Waals surface area (Å²) in [6.07, 6.45) is 3.52. The van der Waals surface area contributed by atoms with Crippen LogP contribution in [-0.2, 0) is 16.4 Å². The van der Waals surface area contributed by atoms with Crippen LogP contribution in [0.15, 0.2) is 29.3 Å². The highest BCUT2D eigenvalue weighted by Crippen LogP contribution is 2.18. The van der Waals surface area contributed by atoms with Crippen molar-refractivity contribution in [1.29, 1.82) is 0 Å². The summed E-state index contributed by atoms with van der Waals surface area (Å²) in [6.45, 7) is 2.49. The predicted octanol–water partition coefficient (Wildman–Crippen LogP) is 1.20. The van der Waals surface area contributed by atoms with Crippen LogP contribution in [-0.4, -0.2) is 58.2 Å². The minimum absolute atomic E-state index is 0.190. The number of piperidine rings is 1. The molecule has 2 N–H and O–H groups in total. The van der Waals surface area contributed by atoms with E-state index in [9.17, 15) is 12.8 Å². The predicted molar refractivity (Wildman–Crippen MR) is 98.6 cm³/mol. The normalized spacial score (nSPS) is 17.5. The van der Waals surface area contributed by atoms with Crippen LogP contribution in [0.3, 0.4) is 0 Å². The molecule has 140 valence electrons. The van der Waals surface area contributed by atoms with Gasteiger partial charge < -0.3 is 10.6 Å². The second kappa shape index (κ2) is 9.15. The molecule has 8 heteroatoms. The first-order chi connectivity index (χ1) is 11.9. The number of benzene rings is 1. The molecule has 1 saturated heterocycles. The van der Waals surface area contributed by atoms with Gasteiger partial charge in [-0.05, 0) is 36.8 Å². The van der Waals surface area contributed by atoms with Crippen LogP contribution >= 0.6 is 0 Å². The van der Waals surface area contributed by atoms with E-state index in [1.807, 2.05) is 6.07 Å². The Morgan fingerprint density at radius 1 is 1.28 bits per heavy atom. The van der Waals surface area contributed by atoms with Gasteiger partial charge in [-0.1, -0.05) is 18.2 Å². The summed E-state index contributed by atoms with van der Waals surface area (Å²) >= 11 is 0. The molecule has 0 atom stereocenters. The lowest BCUT2D eigenvalue weighted by molar-refractivity contribution is 0.275. The molecule has 2 rings (SSSR count). The summed E-state index contributed by atoms with van der Waals surface area (Å²) in [5.74, 6) is 0.912. The lowest BCUT2D eigenvalue weighted by Crippen LogP contribution is -2.44. The first-order valence-corrected chi connectivity index (χ1v) is 10.4. The molecule has 0 amide bonds. The molecule has 1 aliphatic rings. The van der Waals surface area contributed by atoms with Crippen molar-refractivity contribution in [3.05, 3.63) is 35.6 Å². The van der Waals surface area contributed by atoms with Crippen molar-refractivity contribution in [3.8, 4) is 0 Å². The number of aliphatic imine (C=N–C) groups is 1. The zero-order chi connectivity index (χ0) is 18.3. The quantitative estimate of drug-likeness (QED) is 0.583. The van der Waals surface area contributed by atoms with Gasteiger partial charge in [0.25, 0.3) is 0 Å². The van der Waals surface area contributed by atoms with Gasteiger partial charge in [0.15, 0.2) is 5.96 Å². The van der Waals surface area contributed by atoms with E-state index in [-0.39, 0.29) is 5.82 Å². The van der Waals surface area contributed by atoms with E-state index in [0.29, 0.717) is 43.5 Å². The van der Waals surface area contributed by atoms with Gasteiger partial charge >= 0.3 is 0 Å². The Hall–Kier alpha value is -1.67. The SMILES string of the molecule is CN=C(NCCc1ccccc1F)NCC1CCN(S(C)(=O)=O)CC1. The molecule has 1 fully saturated rings. The zero-order valence-electron chi connectivity index (χ0n) is 14.8. The third kappa shape index (κ3) is 6.28. The Morgan fingerprint density at radius 3 is 2.56 bits per heavy atom. The number of nitrogens with one attached hydrogen (secondary N) is 2. The number of rotatable bonds is 6. The average molecular weight is 370 g/mol. The van der Waals surface area contributed by atoms with Crippen molar-refractivity contribution >= 4 is 16.0 Å². The van der Waals surface area contributed by atoms with Crippen molar-refractivity contribution in [2.45, 2.75) is 19.3 Å². The van der Waals surface area contributed by atoms with Crippen molar-refractivity contribution in [2.24, 2.45) is 10.9 Å². The molecule has 6 nitrogen and oxygen atoms in total. The third-order valence-corrected chi connectivity index (χ3v) is 5.77. The van der Waals surface area contributed by atoms with Gasteiger partial charge in [0.05, 0.1) is 6.26 Å². The van der Waals surface area contributed by atoms with Crippen molar-refractivity contribution in [2.75, 3.05) is 39.5 Å². The summed E-state index contributed by atoms with van der Waals surface area (Å²) in [6, 6.07) is 6.75. The second-order valence-corrected chi connectivity index (χ2v) is 8.31. The number of hydrogen-bond donors (Lipinski definition) is 2. The van der Waals surface area contributed by atoms with Gasteiger partial charge in [-0.15, -0.1) is 0 Å². The van der Waals surface area contributed by atoms with Crippen LogP contribution in [0.25, 0.3) is 0 Å². The van der Waals surface area contributed by atoms with E-state index in [1.165, 1.54) is 16.6 Å². The first-order valence-electron chi connectivity index (χ1n) is 8.53. The second-order valence-electron chi connectivity index (χ2n) is 6.33. The minimum atomic E-state index is -3.08. The maximum atomic E-state index is 13.6. The van der Waals surface area contributed by atoms with E-state index in [4.69, 9.17) is 0 Å². The summed E-state index contributed by atoms with van der Waals surface area (Å²) < 4.78 is 38.2. The molecule has 1 heterocycles. The molecule has 0 bridgehead atoms. The number of sulfonamides is 1. The lowest BCUT2D eigenvalue weighted by atomic mass is 9.98. The molecular weight excluding hydrogens is 343 g/mol. The van der Waals surface area contributed by atoms with Crippen LogP contribution in [0.5, 0.6) is 0 Å². The molecule has 1 aliphatic heterocycles. The Kier molecular flexibility index (Phi) is 7.19. The van der Waals surface area contributed by atoms with Crippen LogP contribution in [0.2, 0.25) is 0 Å². The highest BCUT2D eigenvalue weighted by molar-refractivity contribution is 7.88. The maximum Gasteiger partial charge on any atom is 0.211 e. The summed E-state index contributed by atoms with van der Waals surface area (Å²) in [5.41, 5.74) is 0.679. The van der Waals surface area contributed by atoms with Gasteiger partial charge in [-0.3, -0.25) is 4.99 Å². The largest absolute Gasteiger partial charge is 0.356 e. The van der Waals surface area contributed by atoms with E-state index in [0.717, 1.165) is 19.4 Å². The summed E-state index contributed by atoms with van der Waals surface area (Å²) in [7, 11) is -1.38. The highest BCUT2D eigenvalue weighted by Gasteiger charge is 2.24. The number of halogens is 1. The van der Waals surface area contributed by atoms with Crippen LogP contribution in [0.1, 0.15) is 18.4 Å². The van der Waals surface area contributed by atoms with Gasteiger partial charge in [-0.2, -0.15) is 0 Å². The van der Waals surface area contributed by atoms with Crippen LogP contribution in [0.4, 0.5) is 4.39 Å². The molecule has 0 unspecified atom stereocenters. The molecule has 1 aromatic rings. The van der Waals surface area contributed by atoms with E-state index in [2.05, 4.69) is 15.6 Å². The average Bonchev–Trinajstić information content (AvgIpc) is 2.59. The monoisotopic (exact) mass is 370 g/mol. The van der Waals surface area contributed by atoms with Gasteiger partial charge in [0.2, 0.25) is 10.0 Å². The molecule has 0 aliphatic carbocycles. The van der Waals surface area contributed by atoms with Gasteiger partial charge in [0, 0.05) is 33.2 Å². The molecule has 0 saturated carbocycles. The number of nitrogens with zero attached hydrogens (tertiary/aromatic N) is 2. The van der Waals surface area contributed by atoms with E-state index < -0.39 is 10.0 Å². The minimum Gasteiger partial charge on any atom is -0.356 e. The Bertz CT molecular complexity index is 686. The number of guanidine groups is 1. The molecule has 25 heavy (non-hydrogen) atoms. The molecule has 1 aromatic carbocycles. The number of hydrogen-bond acceptors (Lipinski definition) is 3. The van der Waals surface area contributed by atoms with Crippen LogP contribution < -0.4 is 10.6 Å². The third-order valence-electron chi connectivity index (χ3n) is 4.47. The summed E-state index contributed by atoms with van der Waals surface area (Å²) in [5, 5.41) is 6.45. The first kappa shape index (κ1) is 19.7. The standard InChI is InChI=1S/C17H27FN4O2S/c1-19-17(20-10-7-15-5-3-4-6-16(15)18)21-13-14-8-11-22(12-9-14)25(2,23)24/h3-6,14H,7-13H2,1-2H3,(H2,19,20,21). The van der Waals surface area contributed by atoms with Crippen molar-refractivity contribution < 1.29 is 12.8 Å². The van der Waals surface area contributed by atoms with Crippen molar-refractivity contribution in [1.82, 2.24) is 14.9 Å². The Morgan fingerprint density at radius 2 is 1.96 bits per heavy atom. The molecule has 0 spiro atoms. The fourth-order valence-corrected chi connectivity index (χ4v) is 3.80. The molecular formula is C17H27FN4O2S. The summed E-state index contributed by atoms with van der Waals surface area (Å²) in [4.78, 5) is 4.17. The fraction of sp³-hybridized carbons (Fsp3) is 0.588. The fourth-order valence-electron chi connectivity index (χ4n) is 2.92. The molecule has 0 aromatic heterocycles. The maximum absolute atomic E-state index is 13.6. The zero-order valence-corrected chi connectivity index (χ0v) is 15.7.